The molecular formula is C18H22N4OS3. The van der Waals surface area contributed by atoms with Gasteiger partial charge in [0.05, 0.1) is 11.3 Å². The highest BCUT2D eigenvalue weighted by Crippen LogP contribution is 2.44. The topological polar surface area (TPSA) is 78.7 Å². The van der Waals surface area contributed by atoms with Gasteiger partial charge in [0.25, 0.3) is 0 Å². The van der Waals surface area contributed by atoms with Gasteiger partial charge in [0.15, 0.2) is 4.34 Å². The number of nitriles is 1. The van der Waals surface area contributed by atoms with E-state index in [0.717, 1.165) is 34.2 Å². The third-order valence-corrected chi connectivity index (χ3v) is 7.83. The van der Waals surface area contributed by atoms with Crippen molar-refractivity contribution >= 4 is 45.3 Å². The average Bonchev–Trinajstić information content (AvgIpc) is 3.14. The van der Waals surface area contributed by atoms with E-state index in [1.54, 1.807) is 11.3 Å². The second-order valence-electron chi connectivity index (χ2n) is 7.55. The number of amides is 1. The van der Waals surface area contributed by atoms with Crippen LogP contribution in [0.1, 0.15) is 48.2 Å². The third-order valence-electron chi connectivity index (χ3n) is 4.69. The lowest BCUT2D eigenvalue weighted by molar-refractivity contribution is -0.113. The van der Waals surface area contributed by atoms with Crippen LogP contribution in [0.4, 0.5) is 5.00 Å². The molecule has 0 fully saturated rings. The van der Waals surface area contributed by atoms with Crippen LogP contribution in [0.3, 0.4) is 0 Å². The molecule has 2 aromatic rings. The summed E-state index contributed by atoms with van der Waals surface area (Å²) in [6, 6.07) is 2.31. The van der Waals surface area contributed by atoms with Crippen LogP contribution >= 0.6 is 34.4 Å². The first-order valence-electron chi connectivity index (χ1n) is 8.55. The monoisotopic (exact) mass is 406 g/mol. The lowest BCUT2D eigenvalue weighted by Gasteiger charge is -2.33. The van der Waals surface area contributed by atoms with E-state index < -0.39 is 0 Å². The fourth-order valence-electron chi connectivity index (χ4n) is 3.16. The van der Waals surface area contributed by atoms with Crippen LogP contribution in [-0.2, 0) is 17.6 Å². The molecule has 0 spiro atoms. The molecule has 0 saturated heterocycles. The van der Waals surface area contributed by atoms with Gasteiger partial charge in [-0.2, -0.15) is 5.26 Å². The Balaban J connectivity index is 1.70. The van der Waals surface area contributed by atoms with Gasteiger partial charge in [0.2, 0.25) is 5.91 Å². The minimum atomic E-state index is -0.106. The Kier molecular flexibility index (Phi) is 5.70. The van der Waals surface area contributed by atoms with Crippen molar-refractivity contribution in [1.29, 1.82) is 5.26 Å². The number of anilines is 1. The molecule has 0 aromatic carbocycles. The Hall–Kier alpha value is -1.43. The van der Waals surface area contributed by atoms with Crippen LogP contribution < -0.4 is 5.32 Å². The summed E-state index contributed by atoms with van der Waals surface area (Å²) in [4.78, 5) is 13.6. The summed E-state index contributed by atoms with van der Waals surface area (Å²) < 4.78 is 0.789. The van der Waals surface area contributed by atoms with Crippen molar-refractivity contribution < 1.29 is 4.79 Å². The molecule has 0 radical (unpaired) electrons. The van der Waals surface area contributed by atoms with E-state index in [-0.39, 0.29) is 17.1 Å². The van der Waals surface area contributed by atoms with E-state index in [4.69, 9.17) is 0 Å². The van der Waals surface area contributed by atoms with Gasteiger partial charge in [-0.15, -0.1) is 21.5 Å². The zero-order chi connectivity index (χ0) is 18.9. The molecule has 2 aromatic heterocycles. The van der Waals surface area contributed by atoms with E-state index in [0.29, 0.717) is 16.5 Å². The molecule has 1 aliphatic rings. The smallest absolute Gasteiger partial charge is 0.235 e. The fourth-order valence-corrected chi connectivity index (χ4v) is 6.07. The number of nitrogens with zero attached hydrogens (tertiary/aromatic N) is 3. The molecule has 2 heterocycles. The van der Waals surface area contributed by atoms with Crippen molar-refractivity contribution in [3.05, 3.63) is 21.0 Å². The van der Waals surface area contributed by atoms with Crippen molar-refractivity contribution in [2.75, 3.05) is 11.1 Å². The molecule has 0 bridgehead atoms. The molecule has 26 heavy (non-hydrogen) atoms. The molecule has 138 valence electrons. The number of thioether (sulfide) groups is 1. The highest BCUT2D eigenvalue weighted by atomic mass is 32.2. The quantitative estimate of drug-likeness (QED) is 0.747. The number of aryl methyl sites for hydroxylation is 1. The normalized spacial score (nSPS) is 16.8. The average molecular weight is 407 g/mol. The molecule has 8 heteroatoms. The first kappa shape index (κ1) is 19.3. The highest BCUT2D eigenvalue weighted by Gasteiger charge is 2.32. The zero-order valence-corrected chi connectivity index (χ0v) is 17.8. The Labute approximate surface area is 166 Å². The Morgan fingerprint density at radius 2 is 2.15 bits per heavy atom. The molecule has 0 saturated carbocycles. The third kappa shape index (κ3) is 4.27. The first-order valence-corrected chi connectivity index (χ1v) is 11.2. The van der Waals surface area contributed by atoms with E-state index in [9.17, 15) is 10.1 Å². The predicted molar refractivity (Wildman–Crippen MR) is 108 cm³/mol. The molecule has 1 amide bonds. The van der Waals surface area contributed by atoms with Crippen LogP contribution in [0.25, 0.3) is 0 Å². The summed E-state index contributed by atoms with van der Waals surface area (Å²) in [7, 11) is 0. The highest BCUT2D eigenvalue weighted by molar-refractivity contribution is 8.01. The van der Waals surface area contributed by atoms with Crippen molar-refractivity contribution in [2.45, 2.75) is 51.3 Å². The van der Waals surface area contributed by atoms with Gasteiger partial charge < -0.3 is 5.32 Å². The molecule has 0 aliphatic heterocycles. The summed E-state index contributed by atoms with van der Waals surface area (Å²) in [6.07, 6.45) is 3.01. The zero-order valence-electron chi connectivity index (χ0n) is 15.4. The van der Waals surface area contributed by atoms with Crippen LogP contribution in [-0.4, -0.2) is 21.9 Å². The second kappa shape index (κ2) is 7.67. The summed E-state index contributed by atoms with van der Waals surface area (Å²) in [6.45, 7) is 8.71. The number of carbonyl (C=O) groups is 1. The van der Waals surface area contributed by atoms with Crippen LogP contribution in [0.2, 0.25) is 0 Å². The van der Waals surface area contributed by atoms with Crippen molar-refractivity contribution in [1.82, 2.24) is 10.2 Å². The maximum Gasteiger partial charge on any atom is 0.235 e. The number of hydrogen-bond donors (Lipinski definition) is 1. The molecule has 0 unspecified atom stereocenters. The lowest BCUT2D eigenvalue weighted by Crippen LogP contribution is -2.26. The van der Waals surface area contributed by atoms with Gasteiger partial charge in [-0.25, -0.2) is 0 Å². The number of rotatable bonds is 4. The fraction of sp³-hybridized carbons (Fsp3) is 0.556. The summed E-state index contributed by atoms with van der Waals surface area (Å²) >= 11 is 4.43. The van der Waals surface area contributed by atoms with Gasteiger partial charge in [-0.1, -0.05) is 43.9 Å². The van der Waals surface area contributed by atoms with Gasteiger partial charge in [0, 0.05) is 4.88 Å². The maximum atomic E-state index is 12.3. The molecule has 1 aliphatic carbocycles. The Morgan fingerprint density at radius 3 is 2.77 bits per heavy atom. The largest absolute Gasteiger partial charge is 0.316 e. The Bertz CT molecular complexity index is 857. The van der Waals surface area contributed by atoms with Crippen LogP contribution in [0.15, 0.2) is 4.34 Å². The Morgan fingerprint density at radius 1 is 1.38 bits per heavy atom. The van der Waals surface area contributed by atoms with Crippen molar-refractivity contribution in [3.8, 4) is 6.07 Å². The van der Waals surface area contributed by atoms with Gasteiger partial charge in [-0.3, -0.25) is 4.79 Å². The summed E-state index contributed by atoms with van der Waals surface area (Å²) in [5, 5.41) is 22.1. The number of nitrogens with one attached hydrogen (secondary N) is 1. The molecule has 1 N–H and O–H groups in total. The summed E-state index contributed by atoms with van der Waals surface area (Å²) in [5.74, 6) is 0.775. The van der Waals surface area contributed by atoms with Crippen LogP contribution in [0.5, 0.6) is 0 Å². The number of fused-ring (bicyclic) bond motifs is 1. The van der Waals surface area contributed by atoms with E-state index in [2.05, 4.69) is 42.4 Å². The molecule has 3 rings (SSSR count). The van der Waals surface area contributed by atoms with Crippen LogP contribution in [0, 0.1) is 29.6 Å². The maximum absolute atomic E-state index is 12.3. The standard InChI is InChI=1S/C18H22N4OS3/c1-10-21-22-17(25-10)24-9-15(23)20-16-13(8-19)12-6-5-11(18(2,3)4)7-14(12)26-16/h11H,5-7,9H2,1-4H3,(H,20,23)/t11-/m0/s1. The summed E-state index contributed by atoms with van der Waals surface area (Å²) in [5.41, 5.74) is 2.05. The molecular weight excluding hydrogens is 384 g/mol. The number of aromatic nitrogens is 2. The minimum Gasteiger partial charge on any atom is -0.316 e. The SMILES string of the molecule is Cc1nnc(SCC(=O)Nc2sc3c(c2C#N)CC[C@H](C(C)(C)C)C3)s1. The van der Waals surface area contributed by atoms with Crippen molar-refractivity contribution in [3.63, 3.8) is 0 Å². The number of hydrogen-bond acceptors (Lipinski definition) is 7. The van der Waals surface area contributed by atoms with Gasteiger partial charge in [-0.05, 0) is 43.1 Å². The first-order chi connectivity index (χ1) is 12.3. The van der Waals surface area contributed by atoms with E-state index in [1.807, 2.05) is 6.92 Å². The lowest BCUT2D eigenvalue weighted by atomic mass is 9.72. The predicted octanol–water partition coefficient (Wildman–Crippen LogP) is 4.66. The van der Waals surface area contributed by atoms with Gasteiger partial charge >= 0.3 is 0 Å². The molecule has 1 atom stereocenters. The van der Waals surface area contributed by atoms with E-state index >= 15 is 0 Å². The number of thiophene rings is 1. The number of carbonyl (C=O) groups excluding carboxylic acids is 1. The molecule has 5 nitrogen and oxygen atoms in total. The van der Waals surface area contributed by atoms with Gasteiger partial charge in [0.1, 0.15) is 16.1 Å². The van der Waals surface area contributed by atoms with E-state index in [1.165, 1.54) is 28.0 Å². The minimum absolute atomic E-state index is 0.106. The van der Waals surface area contributed by atoms with Crippen molar-refractivity contribution in [2.24, 2.45) is 11.3 Å². The second-order valence-corrected chi connectivity index (χ2v) is 11.1.